The van der Waals surface area contributed by atoms with Gasteiger partial charge in [-0.3, -0.25) is 9.36 Å². The Morgan fingerprint density at radius 1 is 1.05 bits per heavy atom. The smallest absolute Gasteiger partial charge is 0.265 e. The molecule has 0 bridgehead atoms. The van der Waals surface area contributed by atoms with Gasteiger partial charge in [-0.25, -0.2) is 4.98 Å². The van der Waals surface area contributed by atoms with E-state index in [9.17, 15) is 4.79 Å². The van der Waals surface area contributed by atoms with Gasteiger partial charge in [-0.05, 0) is 36.8 Å². The summed E-state index contributed by atoms with van der Waals surface area (Å²) >= 11 is 6.92. The first-order valence-electron chi connectivity index (χ1n) is 6.45. The van der Waals surface area contributed by atoms with Gasteiger partial charge in [-0.1, -0.05) is 56.1 Å². The number of fused-ring (bicyclic) bond motifs is 1. The molecule has 5 heteroatoms. The largest absolute Gasteiger partial charge is 0.268 e. The summed E-state index contributed by atoms with van der Waals surface area (Å²) in [5, 5.41) is 0.631. The first-order chi connectivity index (χ1) is 10.1. The van der Waals surface area contributed by atoms with Crippen LogP contribution >= 0.6 is 31.9 Å². The van der Waals surface area contributed by atoms with Gasteiger partial charge in [0.05, 0.1) is 20.3 Å². The number of hydrogen-bond donors (Lipinski definition) is 0. The Morgan fingerprint density at radius 3 is 2.38 bits per heavy atom. The second-order valence-corrected chi connectivity index (χ2v) is 7.77. The average molecular weight is 408 g/mol. The minimum Gasteiger partial charge on any atom is -0.268 e. The van der Waals surface area contributed by atoms with Crippen LogP contribution in [0.1, 0.15) is 15.1 Å². The maximum absolute atomic E-state index is 12.7. The van der Waals surface area contributed by atoms with E-state index in [1.807, 2.05) is 55.5 Å². The van der Waals surface area contributed by atoms with Crippen LogP contribution in [0.2, 0.25) is 0 Å². The molecule has 1 aromatic heterocycles. The molecule has 0 saturated carbocycles. The molecule has 0 amide bonds. The van der Waals surface area contributed by atoms with Gasteiger partial charge in [0.2, 0.25) is 0 Å². The molecule has 0 spiro atoms. The zero-order valence-electron chi connectivity index (χ0n) is 11.3. The molecule has 0 atom stereocenters. The summed E-state index contributed by atoms with van der Waals surface area (Å²) in [5.74, 6) is 0.681. The fraction of sp³-hybridized carbons (Fsp3) is 0.125. The van der Waals surface area contributed by atoms with Crippen molar-refractivity contribution in [3.05, 3.63) is 70.3 Å². The molecule has 0 aliphatic carbocycles. The van der Waals surface area contributed by atoms with Crippen LogP contribution in [0, 0.1) is 6.92 Å². The first kappa shape index (κ1) is 14.5. The van der Waals surface area contributed by atoms with E-state index >= 15 is 0 Å². The lowest BCUT2D eigenvalue weighted by molar-refractivity contribution is 0.894. The predicted octanol–water partition coefficient (Wildman–Crippen LogP) is 4.48. The van der Waals surface area contributed by atoms with Gasteiger partial charge in [0.1, 0.15) is 5.82 Å². The molecule has 0 unspecified atom stereocenters. The van der Waals surface area contributed by atoms with Gasteiger partial charge in [0.15, 0.2) is 0 Å². The molecule has 0 aliphatic heterocycles. The Morgan fingerprint density at radius 2 is 1.71 bits per heavy atom. The predicted molar refractivity (Wildman–Crippen MR) is 92.7 cm³/mol. The van der Waals surface area contributed by atoms with Gasteiger partial charge in [0.25, 0.3) is 5.56 Å². The lowest BCUT2D eigenvalue weighted by Gasteiger charge is -2.11. The summed E-state index contributed by atoms with van der Waals surface area (Å²) in [6.45, 7) is 1.85. The third-order valence-corrected chi connectivity index (χ3v) is 4.40. The van der Waals surface area contributed by atoms with Crippen LogP contribution in [0.15, 0.2) is 53.3 Å². The van der Waals surface area contributed by atoms with Crippen LogP contribution in [0.25, 0.3) is 16.6 Å². The maximum atomic E-state index is 12.7. The first-order valence-corrected chi connectivity index (χ1v) is 8.28. The van der Waals surface area contributed by atoms with Gasteiger partial charge in [-0.15, -0.1) is 0 Å². The van der Waals surface area contributed by atoms with Gasteiger partial charge in [-0.2, -0.15) is 0 Å². The number of halogens is 2. The summed E-state index contributed by atoms with van der Waals surface area (Å²) in [5.41, 5.74) is 2.60. The second kappa shape index (κ2) is 5.73. The average Bonchev–Trinajstić information content (AvgIpc) is 2.48. The van der Waals surface area contributed by atoms with E-state index in [0.29, 0.717) is 11.2 Å². The zero-order valence-corrected chi connectivity index (χ0v) is 14.4. The van der Waals surface area contributed by atoms with Crippen LogP contribution in [-0.4, -0.2) is 9.55 Å². The number of aromatic nitrogens is 2. The van der Waals surface area contributed by atoms with Gasteiger partial charge < -0.3 is 0 Å². The topological polar surface area (TPSA) is 34.9 Å². The molecule has 3 aromatic rings. The summed E-state index contributed by atoms with van der Waals surface area (Å²) in [7, 11) is 0. The van der Waals surface area contributed by atoms with Crippen molar-refractivity contribution in [2.45, 2.75) is 10.7 Å². The molecule has 0 aliphatic rings. The molecular weight excluding hydrogens is 396 g/mol. The zero-order chi connectivity index (χ0) is 15.0. The van der Waals surface area contributed by atoms with Gasteiger partial charge in [0, 0.05) is 0 Å². The molecule has 0 fully saturated rings. The molecule has 3 nitrogen and oxygen atoms in total. The van der Waals surface area contributed by atoms with Crippen molar-refractivity contribution < 1.29 is 0 Å². The normalized spacial score (nSPS) is 11.2. The SMILES string of the molecule is Cc1nc2ccccc2c(=O)n1-c1ccc(C(Br)Br)cc1. The van der Waals surface area contributed by atoms with Crippen molar-refractivity contribution in [3.8, 4) is 5.69 Å². The Kier molecular flexibility index (Phi) is 3.95. The number of alkyl halides is 2. The van der Waals surface area contributed by atoms with E-state index < -0.39 is 0 Å². The van der Waals surface area contributed by atoms with E-state index in [4.69, 9.17) is 0 Å². The molecule has 1 heterocycles. The standard InChI is InChI=1S/C16H12Br2N2O/c1-10-19-14-5-3-2-4-13(14)16(21)20(10)12-8-6-11(7-9-12)15(17)18/h2-9,15H,1H3. The Balaban J connectivity index is 2.22. The fourth-order valence-electron chi connectivity index (χ4n) is 2.32. The highest BCUT2D eigenvalue weighted by Crippen LogP contribution is 2.29. The number of benzene rings is 2. The molecule has 21 heavy (non-hydrogen) atoms. The van der Waals surface area contributed by atoms with E-state index in [2.05, 4.69) is 36.8 Å². The van der Waals surface area contributed by atoms with Crippen molar-refractivity contribution in [3.63, 3.8) is 0 Å². The molecule has 0 saturated heterocycles. The number of hydrogen-bond acceptors (Lipinski definition) is 2. The Bertz CT molecular complexity index is 854. The van der Waals surface area contributed by atoms with Crippen molar-refractivity contribution in [2.24, 2.45) is 0 Å². The second-order valence-electron chi connectivity index (χ2n) is 4.71. The summed E-state index contributed by atoms with van der Waals surface area (Å²) in [6.07, 6.45) is 0. The maximum Gasteiger partial charge on any atom is 0.265 e. The Hall–Kier alpha value is -1.46. The van der Waals surface area contributed by atoms with Gasteiger partial charge >= 0.3 is 0 Å². The third-order valence-electron chi connectivity index (χ3n) is 3.35. The highest BCUT2D eigenvalue weighted by Gasteiger charge is 2.10. The Labute approximate surface area is 138 Å². The molecule has 3 rings (SSSR count). The third kappa shape index (κ3) is 2.68. The number of para-hydroxylation sites is 1. The monoisotopic (exact) mass is 406 g/mol. The van der Waals surface area contributed by atoms with E-state index in [-0.39, 0.29) is 9.30 Å². The lowest BCUT2D eigenvalue weighted by atomic mass is 10.2. The van der Waals surface area contributed by atoms with E-state index in [1.165, 1.54) is 0 Å². The summed E-state index contributed by atoms with van der Waals surface area (Å²) in [6, 6.07) is 15.2. The number of aryl methyl sites for hydroxylation is 1. The molecular formula is C16H12Br2N2O. The van der Waals surface area contributed by atoms with Crippen LogP contribution in [0.3, 0.4) is 0 Å². The van der Waals surface area contributed by atoms with Crippen LogP contribution < -0.4 is 5.56 Å². The molecule has 106 valence electrons. The van der Waals surface area contributed by atoms with Crippen molar-refractivity contribution in [2.75, 3.05) is 0 Å². The number of rotatable bonds is 2. The minimum absolute atomic E-state index is 0.0416. The van der Waals surface area contributed by atoms with E-state index in [1.54, 1.807) is 4.57 Å². The van der Waals surface area contributed by atoms with Crippen molar-refractivity contribution in [1.82, 2.24) is 9.55 Å². The number of nitrogens with zero attached hydrogens (tertiary/aromatic N) is 2. The van der Waals surface area contributed by atoms with Crippen LogP contribution in [-0.2, 0) is 0 Å². The molecule has 0 N–H and O–H groups in total. The highest BCUT2D eigenvalue weighted by molar-refractivity contribution is 9.24. The molecule has 0 radical (unpaired) electrons. The summed E-state index contributed by atoms with van der Waals surface area (Å²) < 4.78 is 1.75. The lowest BCUT2D eigenvalue weighted by Crippen LogP contribution is -2.22. The molecule has 2 aromatic carbocycles. The van der Waals surface area contributed by atoms with Crippen LogP contribution in [0.5, 0.6) is 0 Å². The summed E-state index contributed by atoms with van der Waals surface area (Å²) in [4.78, 5) is 17.2. The highest BCUT2D eigenvalue weighted by atomic mass is 79.9. The fourth-order valence-corrected chi connectivity index (χ4v) is 2.93. The quantitative estimate of drug-likeness (QED) is 0.587. The van der Waals surface area contributed by atoms with Crippen molar-refractivity contribution in [1.29, 1.82) is 0 Å². The van der Waals surface area contributed by atoms with Crippen molar-refractivity contribution >= 4 is 42.8 Å². The minimum atomic E-state index is -0.0416. The van der Waals surface area contributed by atoms with Crippen LogP contribution in [0.4, 0.5) is 0 Å². The van der Waals surface area contributed by atoms with E-state index in [0.717, 1.165) is 16.8 Å².